The Balaban J connectivity index is 1.76. The van der Waals surface area contributed by atoms with Gasteiger partial charge in [0.25, 0.3) is 0 Å². The largest absolute Gasteiger partial charge is 0.507 e. The number of methoxy groups -OCH3 is 2. The summed E-state index contributed by atoms with van der Waals surface area (Å²) in [6, 6.07) is 8.34. The summed E-state index contributed by atoms with van der Waals surface area (Å²) in [5.41, 5.74) is 2.14. The zero-order chi connectivity index (χ0) is 25.8. The van der Waals surface area contributed by atoms with Gasteiger partial charge in [0, 0.05) is 29.9 Å². The molecule has 0 saturated carbocycles. The number of para-hydroxylation sites is 1. The van der Waals surface area contributed by atoms with Gasteiger partial charge in [0.2, 0.25) is 0 Å². The Morgan fingerprint density at radius 1 is 1.00 bits per heavy atom. The lowest BCUT2D eigenvalue weighted by molar-refractivity contribution is 0.0597. The monoisotopic (exact) mass is 478 g/mol. The van der Waals surface area contributed by atoms with Gasteiger partial charge in [0.15, 0.2) is 11.6 Å². The molecule has 0 aliphatic heterocycles. The highest BCUT2D eigenvalue weighted by Crippen LogP contribution is 2.34. The fourth-order valence-corrected chi connectivity index (χ4v) is 3.57. The number of aromatic nitrogens is 2. The van der Waals surface area contributed by atoms with Gasteiger partial charge in [-0.25, -0.2) is 14.8 Å². The maximum absolute atomic E-state index is 12.5. The van der Waals surface area contributed by atoms with E-state index in [2.05, 4.69) is 9.97 Å². The van der Waals surface area contributed by atoms with E-state index in [9.17, 15) is 14.7 Å². The van der Waals surface area contributed by atoms with Crippen molar-refractivity contribution in [2.24, 2.45) is 5.41 Å². The molecule has 0 saturated heterocycles. The number of rotatable bonds is 8. The summed E-state index contributed by atoms with van der Waals surface area (Å²) < 4.78 is 16.1. The van der Waals surface area contributed by atoms with Crippen molar-refractivity contribution in [3.05, 3.63) is 65.0 Å². The van der Waals surface area contributed by atoms with Crippen LogP contribution in [-0.4, -0.2) is 41.0 Å². The van der Waals surface area contributed by atoms with Gasteiger partial charge in [-0.05, 0) is 36.6 Å². The summed E-state index contributed by atoms with van der Waals surface area (Å²) in [4.78, 5) is 33.3. The lowest BCUT2D eigenvalue weighted by atomic mass is 9.87. The summed E-state index contributed by atoms with van der Waals surface area (Å²) >= 11 is 0. The number of phenolic OH excluding ortho intramolecular Hbond substituents is 1. The van der Waals surface area contributed by atoms with Crippen LogP contribution >= 0.6 is 0 Å². The number of Topliss-reactive ketones (excluding diaryl/α,β-unsaturated/α-hetero) is 1. The number of aromatic hydroxyl groups is 1. The zero-order valence-electron chi connectivity index (χ0n) is 20.8. The molecule has 0 aliphatic carbocycles. The standard InChI is InChI=1S/C27H30N2O6/c1-16-22(11-10-18(23(16)31)21(30)12-27(2,3)4)35-15-17-13-28-25(29-14-17)19-8-7-9-20(24(19)33-5)26(32)34-6/h7-11,13-14,31H,12,15H2,1-6H3. The molecule has 3 rings (SSSR count). The van der Waals surface area contributed by atoms with Crippen molar-refractivity contribution >= 4 is 11.8 Å². The van der Waals surface area contributed by atoms with E-state index in [1.54, 1.807) is 49.6 Å². The Kier molecular flexibility index (Phi) is 7.74. The van der Waals surface area contributed by atoms with Gasteiger partial charge in [0.05, 0.1) is 25.3 Å². The highest BCUT2D eigenvalue weighted by molar-refractivity contribution is 5.99. The molecule has 35 heavy (non-hydrogen) atoms. The summed E-state index contributed by atoms with van der Waals surface area (Å²) in [5.74, 6) is 0.480. The third-order valence-electron chi connectivity index (χ3n) is 5.34. The fourth-order valence-electron chi connectivity index (χ4n) is 3.57. The maximum Gasteiger partial charge on any atom is 0.341 e. The molecular weight excluding hydrogens is 448 g/mol. The normalized spacial score (nSPS) is 11.1. The van der Waals surface area contributed by atoms with Crippen LogP contribution in [0.5, 0.6) is 17.2 Å². The summed E-state index contributed by atoms with van der Waals surface area (Å²) in [7, 11) is 2.77. The van der Waals surface area contributed by atoms with Crippen LogP contribution < -0.4 is 9.47 Å². The molecule has 8 heteroatoms. The van der Waals surface area contributed by atoms with Crippen LogP contribution in [0.1, 0.15) is 59.0 Å². The summed E-state index contributed by atoms with van der Waals surface area (Å²) in [6.45, 7) is 7.80. The minimum atomic E-state index is -0.515. The molecule has 0 aliphatic rings. The fraction of sp³-hybridized carbons (Fsp3) is 0.333. The van der Waals surface area contributed by atoms with E-state index in [1.807, 2.05) is 20.8 Å². The smallest absolute Gasteiger partial charge is 0.341 e. The minimum absolute atomic E-state index is 0.0686. The van der Waals surface area contributed by atoms with Gasteiger partial charge in [-0.3, -0.25) is 4.79 Å². The second kappa shape index (κ2) is 10.5. The second-order valence-electron chi connectivity index (χ2n) is 9.33. The quantitative estimate of drug-likeness (QED) is 0.350. The van der Waals surface area contributed by atoms with Gasteiger partial charge in [0.1, 0.15) is 29.4 Å². The molecule has 1 N–H and O–H groups in total. The highest BCUT2D eigenvalue weighted by atomic mass is 16.5. The lowest BCUT2D eigenvalue weighted by Gasteiger charge is -2.18. The van der Waals surface area contributed by atoms with Gasteiger partial charge < -0.3 is 19.3 Å². The number of nitrogens with zero attached hydrogens (tertiary/aromatic N) is 2. The number of ketones is 1. The maximum atomic E-state index is 12.5. The van der Waals surface area contributed by atoms with Crippen molar-refractivity contribution in [1.82, 2.24) is 9.97 Å². The van der Waals surface area contributed by atoms with Crippen molar-refractivity contribution in [2.45, 2.75) is 40.7 Å². The van der Waals surface area contributed by atoms with E-state index in [-0.39, 0.29) is 29.1 Å². The average Bonchev–Trinajstić information content (AvgIpc) is 2.83. The number of benzene rings is 2. The average molecular weight is 479 g/mol. The molecule has 8 nitrogen and oxygen atoms in total. The van der Waals surface area contributed by atoms with E-state index < -0.39 is 5.97 Å². The predicted octanol–water partition coefficient (Wildman–Crippen LogP) is 5.15. The first-order valence-electron chi connectivity index (χ1n) is 11.1. The van der Waals surface area contributed by atoms with Crippen molar-refractivity contribution in [1.29, 1.82) is 0 Å². The molecule has 0 amide bonds. The summed E-state index contributed by atoms with van der Waals surface area (Å²) in [5, 5.41) is 10.6. The Hall–Kier alpha value is -3.94. The first-order valence-corrected chi connectivity index (χ1v) is 11.1. The van der Waals surface area contributed by atoms with Crippen LogP contribution in [0, 0.1) is 12.3 Å². The van der Waals surface area contributed by atoms with Crippen LogP contribution in [-0.2, 0) is 11.3 Å². The predicted molar refractivity (Wildman–Crippen MR) is 131 cm³/mol. The molecule has 0 fully saturated rings. The third kappa shape index (κ3) is 5.95. The molecule has 2 aromatic carbocycles. The molecular formula is C27H30N2O6. The Bertz CT molecular complexity index is 1230. The lowest BCUT2D eigenvalue weighted by Crippen LogP contribution is -2.13. The van der Waals surface area contributed by atoms with Crippen molar-refractivity contribution < 1.29 is 28.9 Å². The Labute approximate surface area is 204 Å². The molecule has 0 spiro atoms. The van der Waals surface area contributed by atoms with Crippen LogP contribution in [0.25, 0.3) is 11.4 Å². The topological polar surface area (TPSA) is 108 Å². The number of ether oxygens (including phenoxy) is 3. The molecule has 0 radical (unpaired) electrons. The van der Waals surface area contributed by atoms with Crippen LogP contribution in [0.2, 0.25) is 0 Å². The van der Waals surface area contributed by atoms with E-state index in [0.717, 1.165) is 0 Å². The number of phenols is 1. The van der Waals surface area contributed by atoms with Crippen molar-refractivity contribution in [3.8, 4) is 28.6 Å². The molecule has 1 aromatic heterocycles. The van der Waals surface area contributed by atoms with Gasteiger partial charge >= 0.3 is 5.97 Å². The molecule has 1 heterocycles. The van der Waals surface area contributed by atoms with Gasteiger partial charge in [-0.2, -0.15) is 0 Å². The number of hydrogen-bond donors (Lipinski definition) is 1. The third-order valence-corrected chi connectivity index (χ3v) is 5.34. The van der Waals surface area contributed by atoms with E-state index in [0.29, 0.717) is 46.0 Å². The molecule has 3 aromatic rings. The first-order chi connectivity index (χ1) is 16.6. The van der Waals surface area contributed by atoms with Crippen LogP contribution in [0.4, 0.5) is 0 Å². The van der Waals surface area contributed by atoms with E-state index >= 15 is 0 Å². The van der Waals surface area contributed by atoms with Crippen LogP contribution in [0.15, 0.2) is 42.7 Å². The summed E-state index contributed by atoms with van der Waals surface area (Å²) in [6.07, 6.45) is 3.56. The van der Waals surface area contributed by atoms with Crippen LogP contribution in [0.3, 0.4) is 0 Å². The number of esters is 1. The minimum Gasteiger partial charge on any atom is -0.507 e. The first kappa shape index (κ1) is 25.7. The van der Waals surface area contributed by atoms with Crippen molar-refractivity contribution in [2.75, 3.05) is 14.2 Å². The van der Waals surface area contributed by atoms with Crippen molar-refractivity contribution in [3.63, 3.8) is 0 Å². The number of carbonyl (C=O) groups is 2. The zero-order valence-corrected chi connectivity index (χ0v) is 20.8. The highest BCUT2D eigenvalue weighted by Gasteiger charge is 2.22. The number of hydrogen-bond acceptors (Lipinski definition) is 8. The molecule has 0 bridgehead atoms. The Morgan fingerprint density at radius 3 is 2.29 bits per heavy atom. The van der Waals surface area contributed by atoms with E-state index in [1.165, 1.54) is 14.2 Å². The Morgan fingerprint density at radius 2 is 1.69 bits per heavy atom. The van der Waals surface area contributed by atoms with Gasteiger partial charge in [-0.1, -0.05) is 26.8 Å². The molecule has 0 unspecified atom stereocenters. The number of carbonyl (C=O) groups excluding carboxylic acids is 2. The molecule has 0 atom stereocenters. The second-order valence-corrected chi connectivity index (χ2v) is 9.33. The SMILES string of the molecule is COC(=O)c1cccc(-c2ncc(COc3ccc(C(=O)CC(C)(C)C)c(O)c3C)cn2)c1OC. The van der Waals surface area contributed by atoms with Gasteiger partial charge in [-0.15, -0.1) is 0 Å². The van der Waals surface area contributed by atoms with E-state index in [4.69, 9.17) is 14.2 Å². The molecule has 184 valence electrons.